The molecule has 3 nitrogen and oxygen atoms in total. The fraction of sp³-hybridized carbons (Fsp3) is 0.263. The average molecular weight is 375 g/mol. The molecule has 1 aliphatic rings. The molecular weight excluding hydrogens is 356 g/mol. The van der Waals surface area contributed by atoms with Crippen LogP contribution in [0, 0.1) is 0 Å². The van der Waals surface area contributed by atoms with E-state index in [0.717, 1.165) is 21.0 Å². The standard InChI is InChI=1S/C19H19BrO3/c1-2-17-11-16(21)12-19(23-17)7-8-22-18-6-4-13-9-15(20)5-3-14(13)10-18/h2-10,16-17,19,21H,1,11-12H2/b8-7-/t16-,17+,19-/m0/s1. The lowest BCUT2D eigenvalue weighted by atomic mass is 10.0. The first kappa shape index (κ1) is 16.2. The van der Waals surface area contributed by atoms with Crippen molar-refractivity contribution in [2.75, 3.05) is 0 Å². The first-order valence-electron chi connectivity index (χ1n) is 7.63. The summed E-state index contributed by atoms with van der Waals surface area (Å²) in [7, 11) is 0. The van der Waals surface area contributed by atoms with Gasteiger partial charge in [0, 0.05) is 17.3 Å². The van der Waals surface area contributed by atoms with Gasteiger partial charge in [0.2, 0.25) is 0 Å². The minimum Gasteiger partial charge on any atom is -0.465 e. The Morgan fingerprint density at radius 2 is 1.87 bits per heavy atom. The van der Waals surface area contributed by atoms with Crippen molar-refractivity contribution in [3.63, 3.8) is 0 Å². The number of benzene rings is 2. The van der Waals surface area contributed by atoms with Gasteiger partial charge < -0.3 is 14.6 Å². The Kier molecular flexibility index (Phi) is 5.16. The van der Waals surface area contributed by atoms with E-state index in [2.05, 4.69) is 28.6 Å². The normalized spacial score (nSPS) is 24.9. The zero-order chi connectivity index (χ0) is 16.2. The smallest absolute Gasteiger partial charge is 0.127 e. The van der Waals surface area contributed by atoms with Crippen molar-refractivity contribution < 1.29 is 14.6 Å². The van der Waals surface area contributed by atoms with E-state index in [0.29, 0.717) is 12.8 Å². The molecule has 1 heterocycles. The Balaban J connectivity index is 1.65. The lowest BCUT2D eigenvalue weighted by Gasteiger charge is -2.29. The molecular formula is C19H19BrO3. The number of rotatable bonds is 4. The first-order valence-corrected chi connectivity index (χ1v) is 8.42. The maximum absolute atomic E-state index is 9.83. The van der Waals surface area contributed by atoms with Crippen LogP contribution in [0.15, 0.2) is 65.9 Å². The molecule has 0 radical (unpaired) electrons. The second-order valence-corrected chi connectivity index (χ2v) is 6.59. The van der Waals surface area contributed by atoms with Gasteiger partial charge in [0.05, 0.1) is 24.6 Å². The van der Waals surface area contributed by atoms with Gasteiger partial charge in [-0.25, -0.2) is 0 Å². The van der Waals surface area contributed by atoms with Crippen LogP contribution in [0.5, 0.6) is 5.75 Å². The molecule has 0 amide bonds. The van der Waals surface area contributed by atoms with Crippen LogP contribution in [-0.2, 0) is 4.74 Å². The SMILES string of the molecule is C=C[C@@H]1C[C@H](O)C[C@H](/C=C\Oc2ccc3cc(Br)ccc3c2)O1. The summed E-state index contributed by atoms with van der Waals surface area (Å²) in [6.45, 7) is 3.72. The van der Waals surface area contributed by atoms with E-state index in [1.807, 2.05) is 36.4 Å². The van der Waals surface area contributed by atoms with Gasteiger partial charge in [-0.05, 0) is 41.1 Å². The number of ether oxygens (including phenoxy) is 2. The van der Waals surface area contributed by atoms with Gasteiger partial charge in [-0.3, -0.25) is 0 Å². The molecule has 23 heavy (non-hydrogen) atoms. The minimum atomic E-state index is -0.361. The molecule has 4 heteroatoms. The maximum atomic E-state index is 9.83. The molecule has 2 aromatic carbocycles. The lowest BCUT2D eigenvalue weighted by molar-refractivity contribution is -0.0552. The summed E-state index contributed by atoms with van der Waals surface area (Å²) in [4.78, 5) is 0. The van der Waals surface area contributed by atoms with Gasteiger partial charge in [-0.2, -0.15) is 0 Å². The van der Waals surface area contributed by atoms with Gasteiger partial charge in [0.1, 0.15) is 5.75 Å². The number of hydrogen-bond donors (Lipinski definition) is 1. The highest BCUT2D eigenvalue weighted by atomic mass is 79.9. The van der Waals surface area contributed by atoms with Crippen LogP contribution in [0.1, 0.15) is 12.8 Å². The van der Waals surface area contributed by atoms with Crippen molar-refractivity contribution in [2.45, 2.75) is 31.2 Å². The average Bonchev–Trinajstić information content (AvgIpc) is 2.54. The Morgan fingerprint density at radius 3 is 2.70 bits per heavy atom. The number of fused-ring (bicyclic) bond motifs is 1. The zero-order valence-electron chi connectivity index (χ0n) is 12.7. The molecule has 1 fully saturated rings. The molecule has 2 aromatic rings. The second-order valence-electron chi connectivity index (χ2n) is 5.67. The minimum absolute atomic E-state index is 0.104. The molecule has 0 aromatic heterocycles. The number of halogens is 1. The summed E-state index contributed by atoms with van der Waals surface area (Å²) in [6, 6.07) is 12.1. The summed E-state index contributed by atoms with van der Waals surface area (Å²) in [5.74, 6) is 0.771. The van der Waals surface area contributed by atoms with Crippen molar-refractivity contribution in [3.8, 4) is 5.75 Å². The maximum Gasteiger partial charge on any atom is 0.127 e. The van der Waals surface area contributed by atoms with Crippen molar-refractivity contribution in [1.29, 1.82) is 0 Å². The quantitative estimate of drug-likeness (QED) is 0.628. The molecule has 0 aliphatic carbocycles. The van der Waals surface area contributed by atoms with Crippen LogP contribution in [0.3, 0.4) is 0 Å². The van der Waals surface area contributed by atoms with E-state index in [9.17, 15) is 5.11 Å². The molecule has 0 unspecified atom stereocenters. The van der Waals surface area contributed by atoms with Gasteiger partial charge >= 0.3 is 0 Å². The molecule has 0 spiro atoms. The highest BCUT2D eigenvalue weighted by Gasteiger charge is 2.24. The van der Waals surface area contributed by atoms with Crippen LogP contribution < -0.4 is 4.74 Å². The largest absolute Gasteiger partial charge is 0.465 e. The fourth-order valence-electron chi connectivity index (χ4n) is 2.72. The first-order chi connectivity index (χ1) is 11.1. The summed E-state index contributed by atoms with van der Waals surface area (Å²) >= 11 is 3.47. The predicted molar refractivity (Wildman–Crippen MR) is 95.5 cm³/mol. The van der Waals surface area contributed by atoms with Gasteiger partial charge in [-0.1, -0.05) is 34.1 Å². The van der Waals surface area contributed by atoms with Crippen molar-refractivity contribution in [1.82, 2.24) is 0 Å². The van der Waals surface area contributed by atoms with Crippen molar-refractivity contribution in [3.05, 3.63) is 65.9 Å². The summed E-state index contributed by atoms with van der Waals surface area (Å²) in [6.07, 6.45) is 5.76. The predicted octanol–water partition coefficient (Wildman–Crippen LogP) is 4.59. The number of aliphatic hydroxyl groups is 1. The monoisotopic (exact) mass is 374 g/mol. The zero-order valence-corrected chi connectivity index (χ0v) is 14.3. The summed E-state index contributed by atoms with van der Waals surface area (Å²) in [5.41, 5.74) is 0. The summed E-state index contributed by atoms with van der Waals surface area (Å²) < 4.78 is 12.5. The van der Waals surface area contributed by atoms with Gasteiger partial charge in [0.25, 0.3) is 0 Å². The Bertz CT molecular complexity index is 726. The van der Waals surface area contributed by atoms with Gasteiger partial charge in [-0.15, -0.1) is 6.58 Å². The van der Waals surface area contributed by atoms with E-state index in [1.165, 1.54) is 0 Å². The van der Waals surface area contributed by atoms with E-state index < -0.39 is 0 Å². The van der Waals surface area contributed by atoms with E-state index >= 15 is 0 Å². The Hall–Kier alpha value is -1.62. The van der Waals surface area contributed by atoms with Gasteiger partial charge in [0.15, 0.2) is 0 Å². The molecule has 1 aliphatic heterocycles. The van der Waals surface area contributed by atoms with Crippen LogP contribution in [-0.4, -0.2) is 23.4 Å². The number of aliphatic hydroxyl groups excluding tert-OH is 1. The fourth-order valence-corrected chi connectivity index (χ4v) is 3.10. The third-order valence-electron chi connectivity index (χ3n) is 3.89. The van der Waals surface area contributed by atoms with Crippen LogP contribution in [0.4, 0.5) is 0 Å². The van der Waals surface area contributed by atoms with Crippen molar-refractivity contribution >= 4 is 26.7 Å². The lowest BCUT2D eigenvalue weighted by Crippen LogP contribution is -2.33. The molecule has 3 rings (SSSR count). The third kappa shape index (κ3) is 4.22. The second kappa shape index (κ2) is 7.30. The highest BCUT2D eigenvalue weighted by Crippen LogP contribution is 2.25. The summed E-state index contributed by atoms with van der Waals surface area (Å²) in [5, 5.41) is 12.1. The highest BCUT2D eigenvalue weighted by molar-refractivity contribution is 9.10. The molecule has 120 valence electrons. The molecule has 0 saturated carbocycles. The Morgan fingerprint density at radius 1 is 1.13 bits per heavy atom. The van der Waals surface area contributed by atoms with E-state index in [-0.39, 0.29) is 18.3 Å². The topological polar surface area (TPSA) is 38.7 Å². The van der Waals surface area contributed by atoms with Crippen LogP contribution in [0.2, 0.25) is 0 Å². The van der Waals surface area contributed by atoms with Crippen molar-refractivity contribution in [2.24, 2.45) is 0 Å². The van der Waals surface area contributed by atoms with E-state index in [1.54, 1.807) is 12.3 Å². The van der Waals surface area contributed by atoms with E-state index in [4.69, 9.17) is 9.47 Å². The third-order valence-corrected chi connectivity index (χ3v) is 4.39. The Labute approximate surface area is 144 Å². The molecule has 3 atom stereocenters. The van der Waals surface area contributed by atoms with Crippen LogP contribution >= 0.6 is 15.9 Å². The molecule has 1 saturated heterocycles. The number of hydrogen-bond acceptors (Lipinski definition) is 3. The molecule has 0 bridgehead atoms. The molecule has 1 N–H and O–H groups in total. The van der Waals surface area contributed by atoms with Crippen LogP contribution in [0.25, 0.3) is 10.8 Å².